The second kappa shape index (κ2) is 6.16. The molecule has 24 heavy (non-hydrogen) atoms. The predicted octanol–water partition coefficient (Wildman–Crippen LogP) is 4.63. The van der Waals surface area contributed by atoms with E-state index in [1.807, 2.05) is 48.5 Å². The van der Waals surface area contributed by atoms with Crippen LogP contribution in [0.15, 0.2) is 77.9 Å². The highest BCUT2D eigenvalue weighted by molar-refractivity contribution is 5.76. The van der Waals surface area contributed by atoms with E-state index in [0.29, 0.717) is 12.3 Å². The summed E-state index contributed by atoms with van der Waals surface area (Å²) in [5.74, 6) is 1.36. The molecule has 118 valence electrons. The number of fused-ring (bicyclic) bond motifs is 1. The van der Waals surface area contributed by atoms with Gasteiger partial charge in [0.2, 0.25) is 5.89 Å². The van der Waals surface area contributed by atoms with Gasteiger partial charge in [-0.05, 0) is 17.7 Å². The molecule has 1 aliphatic carbocycles. The molecule has 2 aromatic heterocycles. The minimum absolute atomic E-state index is 0.390. The van der Waals surface area contributed by atoms with Crippen molar-refractivity contribution in [1.82, 2.24) is 9.97 Å². The smallest absolute Gasteiger partial charge is 0.240 e. The lowest BCUT2D eigenvalue weighted by Gasteiger charge is -2.23. The first-order valence-corrected chi connectivity index (χ1v) is 7.76. The molecule has 0 aliphatic heterocycles. The minimum Gasteiger partial charge on any atom is -0.480 e. The van der Waals surface area contributed by atoms with Gasteiger partial charge in [-0.15, -0.1) is 0 Å². The van der Waals surface area contributed by atoms with Gasteiger partial charge in [0.25, 0.3) is 0 Å². The molecule has 0 amide bonds. The molecule has 0 saturated carbocycles. The van der Waals surface area contributed by atoms with Gasteiger partial charge in [-0.1, -0.05) is 43.0 Å². The van der Waals surface area contributed by atoms with E-state index in [4.69, 9.17) is 9.15 Å². The summed E-state index contributed by atoms with van der Waals surface area (Å²) in [7, 11) is 0. The van der Waals surface area contributed by atoms with Crippen LogP contribution in [0, 0.1) is 0 Å². The molecule has 0 fully saturated rings. The highest BCUT2D eigenvalue weighted by Crippen LogP contribution is 2.35. The number of allylic oxidation sites excluding steroid dienone is 1. The van der Waals surface area contributed by atoms with E-state index >= 15 is 0 Å². The summed E-state index contributed by atoms with van der Waals surface area (Å²) in [5, 5.41) is 0. The third kappa shape index (κ3) is 2.74. The van der Waals surface area contributed by atoms with E-state index in [0.717, 1.165) is 28.2 Å². The molecule has 1 unspecified atom stereocenters. The molecule has 0 saturated heterocycles. The zero-order chi connectivity index (χ0) is 16.4. The third-order valence-corrected chi connectivity index (χ3v) is 3.93. The number of benzene rings is 1. The Balaban J connectivity index is 1.69. The molecule has 0 spiro atoms. The quantitative estimate of drug-likeness (QED) is 0.704. The predicted molar refractivity (Wildman–Crippen MR) is 91.7 cm³/mol. The Hall–Kier alpha value is -3.14. The van der Waals surface area contributed by atoms with Crippen LogP contribution >= 0.6 is 0 Å². The molecule has 4 nitrogen and oxygen atoms in total. The van der Waals surface area contributed by atoms with Gasteiger partial charge >= 0.3 is 0 Å². The van der Waals surface area contributed by atoms with E-state index in [9.17, 15) is 0 Å². The van der Waals surface area contributed by atoms with Crippen molar-refractivity contribution in [1.29, 1.82) is 0 Å². The van der Waals surface area contributed by atoms with Crippen molar-refractivity contribution in [2.45, 2.75) is 12.5 Å². The number of pyridine rings is 1. The van der Waals surface area contributed by atoms with E-state index in [-0.39, 0.29) is 0 Å². The maximum Gasteiger partial charge on any atom is 0.240 e. The maximum absolute atomic E-state index is 6.27. The third-order valence-electron chi connectivity index (χ3n) is 3.93. The fourth-order valence-corrected chi connectivity index (χ4v) is 2.83. The number of aromatic nitrogens is 2. The van der Waals surface area contributed by atoms with E-state index in [1.165, 1.54) is 0 Å². The lowest BCUT2D eigenvalue weighted by atomic mass is 9.97. The van der Waals surface area contributed by atoms with Crippen LogP contribution < -0.4 is 0 Å². The van der Waals surface area contributed by atoms with Gasteiger partial charge in [0, 0.05) is 23.7 Å². The largest absolute Gasteiger partial charge is 0.480 e. The minimum atomic E-state index is -0.390. The standard InChI is InChI=1S/C20H16N2O2/c1-14-12-17(13-16-8-5-9-21-18(14)16)24-19(20-22-10-11-23-20)15-6-3-2-4-7-15/h2-11,13,19H,1,12H2. The SMILES string of the molecule is C=C1CC(OC(c2ccccc2)c2ncco2)=Cc2cccnc21. The van der Waals surface area contributed by atoms with Crippen molar-refractivity contribution in [2.75, 3.05) is 0 Å². The van der Waals surface area contributed by atoms with Gasteiger partial charge in [-0.2, -0.15) is 0 Å². The average Bonchev–Trinajstić information content (AvgIpc) is 3.15. The highest BCUT2D eigenvalue weighted by Gasteiger charge is 2.24. The van der Waals surface area contributed by atoms with Crippen LogP contribution in [0.25, 0.3) is 11.6 Å². The molecule has 1 aliphatic rings. The van der Waals surface area contributed by atoms with Crippen molar-refractivity contribution >= 4 is 11.6 Å². The van der Waals surface area contributed by atoms with Gasteiger partial charge in [0.05, 0.1) is 11.9 Å². The topological polar surface area (TPSA) is 48.2 Å². The Morgan fingerprint density at radius 3 is 2.71 bits per heavy atom. The fourth-order valence-electron chi connectivity index (χ4n) is 2.83. The zero-order valence-corrected chi connectivity index (χ0v) is 13.1. The number of hydrogen-bond acceptors (Lipinski definition) is 4. The van der Waals surface area contributed by atoms with Crippen molar-refractivity contribution in [2.24, 2.45) is 0 Å². The second-order valence-corrected chi connectivity index (χ2v) is 5.61. The van der Waals surface area contributed by atoms with Crippen molar-refractivity contribution in [3.05, 3.63) is 96.2 Å². The molecule has 0 radical (unpaired) electrons. The van der Waals surface area contributed by atoms with E-state index in [2.05, 4.69) is 16.5 Å². The molecule has 3 aromatic rings. The molecule has 0 bridgehead atoms. The lowest BCUT2D eigenvalue weighted by Crippen LogP contribution is -2.09. The number of hydrogen-bond donors (Lipinski definition) is 0. The van der Waals surface area contributed by atoms with Gasteiger partial charge in [-0.3, -0.25) is 4.98 Å². The Morgan fingerprint density at radius 1 is 1.04 bits per heavy atom. The number of ether oxygens (including phenoxy) is 1. The molecule has 4 rings (SSSR count). The molecular formula is C20H16N2O2. The van der Waals surface area contributed by atoms with Gasteiger partial charge in [0.15, 0.2) is 6.10 Å². The summed E-state index contributed by atoms with van der Waals surface area (Å²) in [6, 6.07) is 13.8. The normalized spacial score (nSPS) is 14.7. The number of nitrogens with zero attached hydrogens (tertiary/aromatic N) is 2. The molecule has 2 heterocycles. The van der Waals surface area contributed by atoms with Gasteiger partial charge in [-0.25, -0.2) is 4.98 Å². The van der Waals surface area contributed by atoms with Crippen LogP contribution in [0.5, 0.6) is 0 Å². The molecule has 1 aromatic carbocycles. The Kier molecular flexibility index (Phi) is 3.71. The van der Waals surface area contributed by atoms with Crippen LogP contribution in [0.1, 0.15) is 35.2 Å². The van der Waals surface area contributed by atoms with E-state index < -0.39 is 6.10 Å². The summed E-state index contributed by atoms with van der Waals surface area (Å²) in [5.41, 5.74) is 3.88. The van der Waals surface area contributed by atoms with Crippen LogP contribution in [-0.2, 0) is 4.74 Å². The van der Waals surface area contributed by atoms with Gasteiger partial charge in [0.1, 0.15) is 12.0 Å². The molecule has 0 N–H and O–H groups in total. The van der Waals surface area contributed by atoms with Gasteiger partial charge < -0.3 is 9.15 Å². The highest BCUT2D eigenvalue weighted by atomic mass is 16.5. The Morgan fingerprint density at radius 2 is 1.92 bits per heavy atom. The fraction of sp³-hybridized carbons (Fsp3) is 0.100. The molecule has 4 heteroatoms. The average molecular weight is 316 g/mol. The monoisotopic (exact) mass is 316 g/mol. The van der Waals surface area contributed by atoms with E-state index in [1.54, 1.807) is 18.7 Å². The lowest BCUT2D eigenvalue weighted by molar-refractivity contribution is 0.124. The van der Waals surface area contributed by atoms with Crippen LogP contribution in [-0.4, -0.2) is 9.97 Å². The summed E-state index contributed by atoms with van der Waals surface area (Å²) < 4.78 is 11.8. The van der Waals surface area contributed by atoms with Crippen molar-refractivity contribution in [3.8, 4) is 0 Å². The maximum atomic E-state index is 6.27. The van der Waals surface area contributed by atoms with Crippen LogP contribution in [0.4, 0.5) is 0 Å². The first kappa shape index (κ1) is 14.5. The summed E-state index contributed by atoms with van der Waals surface area (Å²) in [6.45, 7) is 4.13. The number of rotatable bonds is 4. The summed E-state index contributed by atoms with van der Waals surface area (Å²) in [6.07, 6.45) is 7.20. The van der Waals surface area contributed by atoms with Crippen LogP contribution in [0.2, 0.25) is 0 Å². The summed E-state index contributed by atoms with van der Waals surface area (Å²) >= 11 is 0. The Bertz CT molecular complexity index is 883. The second-order valence-electron chi connectivity index (χ2n) is 5.61. The number of oxazole rings is 1. The Labute approximate surface area is 140 Å². The zero-order valence-electron chi connectivity index (χ0n) is 13.1. The molecule has 1 atom stereocenters. The molecular weight excluding hydrogens is 300 g/mol. The van der Waals surface area contributed by atoms with Crippen LogP contribution in [0.3, 0.4) is 0 Å². The van der Waals surface area contributed by atoms with Crippen molar-refractivity contribution < 1.29 is 9.15 Å². The summed E-state index contributed by atoms with van der Waals surface area (Å²) in [4.78, 5) is 8.66. The van der Waals surface area contributed by atoms with Crippen molar-refractivity contribution in [3.63, 3.8) is 0 Å². The first-order valence-electron chi connectivity index (χ1n) is 7.76. The first-order chi connectivity index (χ1) is 11.8.